The van der Waals surface area contributed by atoms with Crippen molar-refractivity contribution >= 4 is 23.9 Å². The highest BCUT2D eigenvalue weighted by molar-refractivity contribution is 5.84. The number of rotatable bonds is 5. The first-order valence-electron chi connectivity index (χ1n) is 7.74. The molecule has 0 N–H and O–H groups in total. The summed E-state index contributed by atoms with van der Waals surface area (Å²) in [6, 6.07) is 0. The molecule has 8 heteroatoms. The van der Waals surface area contributed by atoms with Gasteiger partial charge in [-0.1, -0.05) is 24.3 Å². The van der Waals surface area contributed by atoms with Gasteiger partial charge in [-0.15, -0.1) is 0 Å². The van der Waals surface area contributed by atoms with E-state index in [1.54, 1.807) is 12.2 Å². The van der Waals surface area contributed by atoms with E-state index < -0.39 is 11.9 Å². The number of esters is 4. The van der Waals surface area contributed by atoms with E-state index in [1.807, 2.05) is 0 Å². The summed E-state index contributed by atoms with van der Waals surface area (Å²) < 4.78 is 17.8. The first-order chi connectivity index (χ1) is 12.4. The maximum absolute atomic E-state index is 11.1. The Kier molecular flexibility index (Phi) is 11.9. The monoisotopic (exact) mass is 368 g/mol. The first-order valence-corrected chi connectivity index (χ1v) is 7.74. The summed E-state index contributed by atoms with van der Waals surface area (Å²) in [5.41, 5.74) is 0. The Bertz CT molecular complexity index is 524. The van der Waals surface area contributed by atoms with Crippen LogP contribution in [0.2, 0.25) is 0 Å². The van der Waals surface area contributed by atoms with Crippen LogP contribution in [0, 0.1) is 11.8 Å². The van der Waals surface area contributed by atoms with Gasteiger partial charge in [0.15, 0.2) is 0 Å². The van der Waals surface area contributed by atoms with Crippen molar-refractivity contribution in [3.8, 4) is 0 Å². The van der Waals surface area contributed by atoms with Crippen molar-refractivity contribution in [3.63, 3.8) is 0 Å². The predicted molar refractivity (Wildman–Crippen MR) is 91.7 cm³/mol. The number of methoxy groups -OCH3 is 4. The highest BCUT2D eigenvalue weighted by Crippen LogP contribution is 2.23. The van der Waals surface area contributed by atoms with Crippen LogP contribution in [-0.4, -0.2) is 52.3 Å². The van der Waals surface area contributed by atoms with E-state index >= 15 is 0 Å². The maximum Gasteiger partial charge on any atom is 0.330 e. The largest absolute Gasteiger partial charge is 0.469 e. The van der Waals surface area contributed by atoms with Gasteiger partial charge >= 0.3 is 23.9 Å². The number of hydrogen-bond acceptors (Lipinski definition) is 8. The molecule has 1 rings (SSSR count). The third-order valence-electron chi connectivity index (χ3n) is 3.35. The Hall–Kier alpha value is -2.90. The fourth-order valence-corrected chi connectivity index (χ4v) is 1.92. The van der Waals surface area contributed by atoms with Crippen molar-refractivity contribution in [1.29, 1.82) is 0 Å². The molecule has 1 aliphatic carbocycles. The topological polar surface area (TPSA) is 105 Å². The Morgan fingerprint density at radius 1 is 0.692 bits per heavy atom. The average molecular weight is 368 g/mol. The molecule has 2 unspecified atom stereocenters. The zero-order valence-electron chi connectivity index (χ0n) is 15.3. The van der Waals surface area contributed by atoms with Crippen LogP contribution in [0.3, 0.4) is 0 Å². The summed E-state index contributed by atoms with van der Waals surface area (Å²) in [5.74, 6) is -1.84. The van der Waals surface area contributed by atoms with Gasteiger partial charge in [0.25, 0.3) is 0 Å². The second-order valence-corrected chi connectivity index (χ2v) is 4.99. The lowest BCUT2D eigenvalue weighted by Crippen LogP contribution is -2.23. The summed E-state index contributed by atoms with van der Waals surface area (Å²) in [7, 11) is 5.28. The molecular formula is C18H24O8. The fraction of sp³-hybridized carbons (Fsp3) is 0.444. The molecule has 0 saturated heterocycles. The zero-order chi connectivity index (χ0) is 19.9. The maximum atomic E-state index is 11.1. The average Bonchev–Trinajstić information content (AvgIpc) is 2.69. The second kappa shape index (κ2) is 13.4. The van der Waals surface area contributed by atoms with E-state index in [1.165, 1.54) is 52.7 Å². The quantitative estimate of drug-likeness (QED) is 0.235. The molecule has 0 heterocycles. The predicted octanol–water partition coefficient (Wildman–Crippen LogP) is 1.36. The molecule has 0 amide bonds. The lowest BCUT2D eigenvalue weighted by molar-refractivity contribution is -0.147. The summed E-state index contributed by atoms with van der Waals surface area (Å²) >= 11 is 0. The highest BCUT2D eigenvalue weighted by atomic mass is 16.5. The molecule has 0 aromatic heterocycles. The van der Waals surface area contributed by atoms with Gasteiger partial charge in [0, 0.05) is 12.2 Å². The summed E-state index contributed by atoms with van der Waals surface area (Å²) in [4.78, 5) is 43.2. The zero-order valence-corrected chi connectivity index (χ0v) is 15.3. The smallest absolute Gasteiger partial charge is 0.330 e. The van der Waals surface area contributed by atoms with Crippen molar-refractivity contribution < 1.29 is 38.1 Å². The Labute approximate surface area is 152 Å². The highest BCUT2D eigenvalue weighted by Gasteiger charge is 2.26. The molecule has 26 heavy (non-hydrogen) atoms. The normalized spacial score (nSPS) is 18.6. The fourth-order valence-electron chi connectivity index (χ4n) is 1.92. The van der Waals surface area contributed by atoms with Crippen LogP contribution in [0.25, 0.3) is 0 Å². The molecular weight excluding hydrogens is 344 g/mol. The minimum atomic E-state index is -0.468. The van der Waals surface area contributed by atoms with E-state index in [4.69, 9.17) is 0 Å². The van der Waals surface area contributed by atoms with E-state index in [-0.39, 0.29) is 23.8 Å². The molecule has 8 nitrogen and oxygen atoms in total. The Morgan fingerprint density at radius 3 is 1.27 bits per heavy atom. The molecule has 1 aliphatic rings. The summed E-state index contributed by atoms with van der Waals surface area (Å²) in [5, 5.41) is 0. The van der Waals surface area contributed by atoms with Gasteiger partial charge in [0.1, 0.15) is 0 Å². The number of carbonyl (C=O) groups is 4. The van der Waals surface area contributed by atoms with Gasteiger partial charge in [-0.3, -0.25) is 9.59 Å². The molecule has 2 atom stereocenters. The molecule has 144 valence electrons. The van der Waals surface area contributed by atoms with Crippen molar-refractivity contribution in [2.45, 2.75) is 12.8 Å². The van der Waals surface area contributed by atoms with Crippen molar-refractivity contribution in [2.75, 3.05) is 28.4 Å². The van der Waals surface area contributed by atoms with E-state index in [0.29, 0.717) is 12.8 Å². The number of hydrogen-bond donors (Lipinski definition) is 0. The first kappa shape index (κ1) is 23.1. The molecule has 0 bridgehead atoms. The third kappa shape index (κ3) is 9.41. The lowest BCUT2D eigenvalue weighted by atomic mass is 9.89. The summed E-state index contributed by atoms with van der Waals surface area (Å²) in [6.45, 7) is 0. The van der Waals surface area contributed by atoms with Crippen LogP contribution < -0.4 is 0 Å². The molecule has 0 fully saturated rings. The van der Waals surface area contributed by atoms with Crippen LogP contribution in [-0.2, 0) is 38.1 Å². The van der Waals surface area contributed by atoms with Crippen LogP contribution in [0.5, 0.6) is 0 Å². The van der Waals surface area contributed by atoms with Gasteiger partial charge in [0.2, 0.25) is 0 Å². The standard InChI is InChI=1S/C10H14O4.C8H10O4/c1-13-9(11)7-3-5-8(6-4-7)10(12)14-2;1-11-7(9)5-3-4-6-8(10)12-2/h3,5,7-8H,4,6H2,1-2H3;3-6H,1-2H3/b;5-3+,6-4+. The van der Waals surface area contributed by atoms with Gasteiger partial charge in [0.05, 0.1) is 40.3 Å². The minimum absolute atomic E-state index is 0.207. The van der Waals surface area contributed by atoms with E-state index in [0.717, 1.165) is 0 Å². The second-order valence-electron chi connectivity index (χ2n) is 4.99. The van der Waals surface area contributed by atoms with Crippen LogP contribution in [0.4, 0.5) is 0 Å². The molecule has 0 aromatic carbocycles. The lowest BCUT2D eigenvalue weighted by Gasteiger charge is -2.19. The molecule has 0 aliphatic heterocycles. The Balaban J connectivity index is 0.000000488. The van der Waals surface area contributed by atoms with Gasteiger partial charge in [-0.2, -0.15) is 0 Å². The van der Waals surface area contributed by atoms with Crippen LogP contribution in [0.15, 0.2) is 36.5 Å². The van der Waals surface area contributed by atoms with Crippen LogP contribution in [0.1, 0.15) is 12.8 Å². The molecule has 0 saturated carbocycles. The third-order valence-corrected chi connectivity index (χ3v) is 3.35. The van der Waals surface area contributed by atoms with Gasteiger partial charge in [-0.05, 0) is 12.8 Å². The van der Waals surface area contributed by atoms with Gasteiger partial charge in [-0.25, -0.2) is 9.59 Å². The molecule has 0 aromatic rings. The molecule has 0 radical (unpaired) electrons. The van der Waals surface area contributed by atoms with E-state index in [9.17, 15) is 19.2 Å². The summed E-state index contributed by atoms with van der Waals surface area (Å²) in [6.07, 6.45) is 9.89. The minimum Gasteiger partial charge on any atom is -0.469 e. The van der Waals surface area contributed by atoms with Gasteiger partial charge < -0.3 is 18.9 Å². The SMILES string of the molecule is COC(=O)/C=C/C=C/C(=O)OC.COC(=O)C1C=CC(C(=O)OC)CC1. The number of ether oxygens (including phenoxy) is 4. The number of carbonyl (C=O) groups excluding carboxylic acids is 4. The van der Waals surface area contributed by atoms with Crippen molar-refractivity contribution in [1.82, 2.24) is 0 Å². The van der Waals surface area contributed by atoms with E-state index in [2.05, 4.69) is 18.9 Å². The van der Waals surface area contributed by atoms with Crippen molar-refractivity contribution in [3.05, 3.63) is 36.5 Å². The van der Waals surface area contributed by atoms with Crippen molar-refractivity contribution in [2.24, 2.45) is 11.8 Å². The van der Waals surface area contributed by atoms with Crippen LogP contribution >= 0.6 is 0 Å². The number of allylic oxidation sites excluding steroid dienone is 2. The molecule has 0 spiro atoms. The Morgan fingerprint density at radius 2 is 1.04 bits per heavy atom.